The summed E-state index contributed by atoms with van der Waals surface area (Å²) in [6.45, 7) is 5.93. The van der Waals surface area contributed by atoms with E-state index in [9.17, 15) is 0 Å². The van der Waals surface area contributed by atoms with E-state index in [2.05, 4.69) is 20.6 Å². The largest absolute Gasteiger partial charge is 0.379 e. The van der Waals surface area contributed by atoms with E-state index in [0.717, 1.165) is 56.7 Å². The molecule has 0 aromatic carbocycles. The fourth-order valence-corrected chi connectivity index (χ4v) is 2.79. The molecule has 6 nitrogen and oxygen atoms in total. The SMILES string of the molecule is CN=C(NCCCOC1CCOC1)NCc1cnc(C)s1. The summed E-state index contributed by atoms with van der Waals surface area (Å²) in [5, 5.41) is 7.65. The zero-order valence-corrected chi connectivity index (χ0v) is 13.5. The number of guanidine groups is 1. The van der Waals surface area contributed by atoms with Crippen molar-refractivity contribution >= 4 is 17.3 Å². The van der Waals surface area contributed by atoms with Crippen molar-refractivity contribution in [2.24, 2.45) is 4.99 Å². The first-order valence-corrected chi connectivity index (χ1v) is 8.14. The van der Waals surface area contributed by atoms with Crippen molar-refractivity contribution in [1.82, 2.24) is 15.6 Å². The molecule has 0 saturated carbocycles. The molecule has 1 saturated heterocycles. The molecule has 0 amide bonds. The molecule has 0 bridgehead atoms. The molecule has 1 aliphatic heterocycles. The summed E-state index contributed by atoms with van der Waals surface area (Å²) in [4.78, 5) is 9.65. The van der Waals surface area contributed by atoms with Gasteiger partial charge in [0.15, 0.2) is 5.96 Å². The van der Waals surface area contributed by atoms with Crippen molar-refractivity contribution in [3.05, 3.63) is 16.1 Å². The van der Waals surface area contributed by atoms with E-state index in [1.54, 1.807) is 18.4 Å². The number of hydrogen-bond acceptors (Lipinski definition) is 5. The molecule has 1 aromatic rings. The highest BCUT2D eigenvalue weighted by atomic mass is 32.1. The van der Waals surface area contributed by atoms with Crippen LogP contribution in [0.15, 0.2) is 11.2 Å². The lowest BCUT2D eigenvalue weighted by atomic mass is 10.3. The van der Waals surface area contributed by atoms with E-state index in [1.807, 2.05) is 13.1 Å². The molecule has 2 N–H and O–H groups in total. The minimum atomic E-state index is 0.289. The fraction of sp³-hybridized carbons (Fsp3) is 0.714. The van der Waals surface area contributed by atoms with Gasteiger partial charge in [0.2, 0.25) is 0 Å². The van der Waals surface area contributed by atoms with Crippen LogP contribution in [0.25, 0.3) is 0 Å². The monoisotopic (exact) mass is 312 g/mol. The first-order chi connectivity index (χ1) is 10.3. The highest BCUT2D eigenvalue weighted by Crippen LogP contribution is 2.10. The number of hydrogen-bond donors (Lipinski definition) is 2. The molecular formula is C14H24N4O2S. The van der Waals surface area contributed by atoms with Gasteiger partial charge >= 0.3 is 0 Å². The van der Waals surface area contributed by atoms with E-state index in [4.69, 9.17) is 9.47 Å². The van der Waals surface area contributed by atoms with Crippen molar-refractivity contribution in [3.8, 4) is 0 Å². The summed E-state index contributed by atoms with van der Waals surface area (Å²) in [7, 11) is 1.78. The first-order valence-electron chi connectivity index (χ1n) is 7.33. The summed E-state index contributed by atoms with van der Waals surface area (Å²) in [5.41, 5.74) is 0. The Morgan fingerprint density at radius 1 is 1.57 bits per heavy atom. The third kappa shape index (κ3) is 5.99. The zero-order chi connectivity index (χ0) is 14.9. The van der Waals surface area contributed by atoms with Crippen molar-refractivity contribution in [1.29, 1.82) is 0 Å². The molecule has 1 aromatic heterocycles. The van der Waals surface area contributed by atoms with Crippen LogP contribution in [0, 0.1) is 6.92 Å². The number of thiazole rings is 1. The lowest BCUT2D eigenvalue weighted by molar-refractivity contribution is 0.0420. The Balaban J connectivity index is 1.55. The number of aromatic nitrogens is 1. The van der Waals surface area contributed by atoms with Crippen LogP contribution in [-0.4, -0.2) is 50.5 Å². The van der Waals surface area contributed by atoms with Gasteiger partial charge in [0.1, 0.15) is 0 Å². The Morgan fingerprint density at radius 2 is 2.48 bits per heavy atom. The Labute approximate surface area is 130 Å². The van der Waals surface area contributed by atoms with Gasteiger partial charge < -0.3 is 20.1 Å². The highest BCUT2D eigenvalue weighted by Gasteiger charge is 2.15. The van der Waals surface area contributed by atoms with Gasteiger partial charge in [-0.1, -0.05) is 0 Å². The number of aryl methyl sites for hydroxylation is 1. The Hall–Kier alpha value is -1.18. The van der Waals surface area contributed by atoms with E-state index in [-0.39, 0.29) is 6.10 Å². The number of ether oxygens (including phenoxy) is 2. The zero-order valence-electron chi connectivity index (χ0n) is 12.7. The van der Waals surface area contributed by atoms with Gasteiger partial charge in [-0.3, -0.25) is 4.99 Å². The standard InChI is InChI=1S/C14H24N4O2S/c1-11-17-8-13(21-11)9-18-14(15-2)16-5-3-6-20-12-4-7-19-10-12/h8,12H,3-7,9-10H2,1-2H3,(H2,15,16,18). The van der Waals surface area contributed by atoms with Crippen molar-refractivity contribution in [2.75, 3.05) is 33.4 Å². The normalized spacial score (nSPS) is 19.0. The van der Waals surface area contributed by atoms with Gasteiger partial charge in [0, 0.05) is 37.9 Å². The summed E-state index contributed by atoms with van der Waals surface area (Å²) in [6, 6.07) is 0. The molecule has 2 heterocycles. The van der Waals surface area contributed by atoms with Crippen LogP contribution in [0.5, 0.6) is 0 Å². The van der Waals surface area contributed by atoms with E-state index in [1.165, 1.54) is 4.88 Å². The van der Waals surface area contributed by atoms with Crippen LogP contribution in [0.3, 0.4) is 0 Å². The number of rotatable bonds is 7. The van der Waals surface area contributed by atoms with Crippen molar-refractivity contribution < 1.29 is 9.47 Å². The van der Waals surface area contributed by atoms with Crippen molar-refractivity contribution in [2.45, 2.75) is 32.4 Å². The number of nitrogens with one attached hydrogen (secondary N) is 2. The summed E-state index contributed by atoms with van der Waals surface area (Å²) in [6.07, 6.45) is 4.16. The summed E-state index contributed by atoms with van der Waals surface area (Å²) < 4.78 is 11.0. The molecule has 118 valence electrons. The molecule has 1 atom stereocenters. The van der Waals surface area contributed by atoms with Gasteiger partial charge in [-0.25, -0.2) is 4.98 Å². The molecule has 0 radical (unpaired) electrons. The molecule has 0 aliphatic carbocycles. The lowest BCUT2D eigenvalue weighted by Gasteiger charge is -2.12. The van der Waals surface area contributed by atoms with Crippen molar-refractivity contribution in [3.63, 3.8) is 0 Å². The van der Waals surface area contributed by atoms with Crippen LogP contribution < -0.4 is 10.6 Å². The van der Waals surface area contributed by atoms with Crippen LogP contribution in [-0.2, 0) is 16.0 Å². The second kappa shape index (κ2) is 8.96. The van der Waals surface area contributed by atoms with E-state index in [0.29, 0.717) is 0 Å². The Bertz CT molecular complexity index is 444. The molecular weight excluding hydrogens is 288 g/mol. The lowest BCUT2D eigenvalue weighted by Crippen LogP contribution is -2.37. The van der Waals surface area contributed by atoms with Crippen LogP contribution in [0.2, 0.25) is 0 Å². The smallest absolute Gasteiger partial charge is 0.191 e. The minimum Gasteiger partial charge on any atom is -0.379 e. The summed E-state index contributed by atoms with van der Waals surface area (Å²) in [5.74, 6) is 0.810. The Kier molecular flexibility index (Phi) is 6.91. The third-order valence-corrected chi connectivity index (χ3v) is 4.09. The predicted molar refractivity (Wildman–Crippen MR) is 84.8 cm³/mol. The molecule has 1 fully saturated rings. The van der Waals surface area contributed by atoms with Gasteiger partial charge in [0.05, 0.1) is 24.3 Å². The molecule has 21 heavy (non-hydrogen) atoms. The summed E-state index contributed by atoms with van der Waals surface area (Å²) >= 11 is 1.70. The molecule has 7 heteroatoms. The first kappa shape index (κ1) is 16.2. The average molecular weight is 312 g/mol. The second-order valence-electron chi connectivity index (χ2n) is 4.91. The minimum absolute atomic E-state index is 0.289. The molecule has 1 unspecified atom stereocenters. The van der Waals surface area contributed by atoms with Gasteiger partial charge in [0.25, 0.3) is 0 Å². The number of nitrogens with zero attached hydrogens (tertiary/aromatic N) is 2. The highest BCUT2D eigenvalue weighted by molar-refractivity contribution is 7.11. The van der Waals surface area contributed by atoms with E-state index < -0.39 is 0 Å². The predicted octanol–water partition coefficient (Wildman–Crippen LogP) is 1.31. The third-order valence-electron chi connectivity index (χ3n) is 3.18. The molecule has 1 aliphatic rings. The van der Waals surface area contributed by atoms with E-state index >= 15 is 0 Å². The van der Waals surface area contributed by atoms with Crippen LogP contribution in [0.1, 0.15) is 22.7 Å². The average Bonchev–Trinajstić information content (AvgIpc) is 3.13. The van der Waals surface area contributed by atoms with Gasteiger partial charge in [-0.15, -0.1) is 11.3 Å². The molecule has 0 spiro atoms. The second-order valence-corrected chi connectivity index (χ2v) is 6.23. The van der Waals surface area contributed by atoms with Crippen LogP contribution >= 0.6 is 11.3 Å². The van der Waals surface area contributed by atoms with Gasteiger partial charge in [-0.2, -0.15) is 0 Å². The molecule has 2 rings (SSSR count). The maximum atomic E-state index is 5.72. The van der Waals surface area contributed by atoms with Gasteiger partial charge in [-0.05, 0) is 19.8 Å². The topological polar surface area (TPSA) is 67.8 Å². The Morgan fingerprint density at radius 3 is 3.14 bits per heavy atom. The quantitative estimate of drug-likeness (QED) is 0.451. The maximum Gasteiger partial charge on any atom is 0.191 e. The fourth-order valence-electron chi connectivity index (χ4n) is 2.05. The maximum absolute atomic E-state index is 5.72. The van der Waals surface area contributed by atoms with Crippen LogP contribution in [0.4, 0.5) is 0 Å². The number of aliphatic imine (C=N–C) groups is 1.